The number of rotatable bonds is 13. The molecular weight excluding hydrogens is 464 g/mol. The van der Waals surface area contributed by atoms with Crippen LogP contribution in [0, 0.1) is 0 Å². The van der Waals surface area contributed by atoms with Crippen molar-refractivity contribution in [2.75, 3.05) is 10.7 Å². The minimum absolute atomic E-state index is 0.0475. The zero-order chi connectivity index (χ0) is 24.5. The molecule has 3 rings (SSSR count). The van der Waals surface area contributed by atoms with Crippen LogP contribution in [0.3, 0.4) is 0 Å². The summed E-state index contributed by atoms with van der Waals surface area (Å²) in [6.07, 6.45) is 6.05. The minimum atomic E-state index is -0.437. The maximum Gasteiger partial charge on any atom is 0.227 e. The first-order valence-corrected chi connectivity index (χ1v) is 14.0. The average Bonchev–Trinajstić information content (AvgIpc) is 3.44. The van der Waals surface area contributed by atoms with Gasteiger partial charge in [0.25, 0.3) is 0 Å². The van der Waals surface area contributed by atoms with Crippen LogP contribution in [-0.2, 0) is 9.53 Å². The van der Waals surface area contributed by atoms with Crippen molar-refractivity contribution in [1.82, 2.24) is 4.98 Å². The number of aliphatic hydroxyl groups is 1. The number of thiazole rings is 1. The number of thioether (sulfide) groups is 1. The summed E-state index contributed by atoms with van der Waals surface area (Å²) in [4.78, 5) is 19.2. The molecule has 0 bridgehead atoms. The summed E-state index contributed by atoms with van der Waals surface area (Å²) in [5, 5.41) is 12.4. The molecular formula is C27H36N2O3S2. The van der Waals surface area contributed by atoms with Crippen molar-refractivity contribution in [3.8, 4) is 0 Å². The molecule has 1 fully saturated rings. The van der Waals surface area contributed by atoms with E-state index in [2.05, 4.69) is 24.2 Å². The number of carbonyl (C=O) groups excluding carboxylic acids is 1. The molecule has 1 aromatic heterocycles. The number of hydrogen-bond donors (Lipinski definition) is 1. The van der Waals surface area contributed by atoms with Gasteiger partial charge in [-0.15, -0.1) is 11.3 Å². The maximum absolute atomic E-state index is 12.6. The Hall–Kier alpha value is -2.05. The molecule has 184 valence electrons. The Morgan fingerprint density at radius 1 is 1.35 bits per heavy atom. The van der Waals surface area contributed by atoms with Crippen molar-refractivity contribution in [3.05, 3.63) is 53.2 Å². The number of benzene rings is 1. The predicted octanol–water partition coefficient (Wildman–Crippen LogP) is 6.99. The number of ether oxygens (including phenoxy) is 1. The molecule has 2 heterocycles. The highest BCUT2D eigenvalue weighted by Crippen LogP contribution is 2.33. The summed E-state index contributed by atoms with van der Waals surface area (Å²) in [5.74, 6) is 1.65. The molecule has 5 nitrogen and oxygen atoms in total. The van der Waals surface area contributed by atoms with E-state index >= 15 is 0 Å². The van der Waals surface area contributed by atoms with Gasteiger partial charge < -0.3 is 14.7 Å². The quantitative estimate of drug-likeness (QED) is 0.139. The fourth-order valence-electron chi connectivity index (χ4n) is 4.12. The number of aliphatic hydroxyl groups excluding tert-OH is 1. The van der Waals surface area contributed by atoms with Crippen molar-refractivity contribution in [1.29, 1.82) is 0 Å². The van der Waals surface area contributed by atoms with Gasteiger partial charge in [0.15, 0.2) is 10.1 Å². The average molecular weight is 501 g/mol. The Morgan fingerprint density at radius 3 is 2.79 bits per heavy atom. The molecule has 1 N–H and O–H groups in total. The van der Waals surface area contributed by atoms with Gasteiger partial charge in [-0.3, -0.25) is 4.79 Å². The van der Waals surface area contributed by atoms with E-state index in [4.69, 9.17) is 4.74 Å². The highest BCUT2D eigenvalue weighted by atomic mass is 32.2. The molecule has 0 spiro atoms. The summed E-state index contributed by atoms with van der Waals surface area (Å²) in [5.41, 5.74) is 5.45. The first kappa shape index (κ1) is 26.6. The van der Waals surface area contributed by atoms with Crippen LogP contribution in [-0.4, -0.2) is 33.9 Å². The van der Waals surface area contributed by atoms with Crippen LogP contribution in [0.4, 0.5) is 5.69 Å². The van der Waals surface area contributed by atoms with E-state index < -0.39 is 6.10 Å². The zero-order valence-corrected chi connectivity index (χ0v) is 22.1. The molecule has 1 aliphatic heterocycles. The molecule has 0 aliphatic carbocycles. The van der Waals surface area contributed by atoms with Crippen LogP contribution in [0.5, 0.6) is 0 Å². The number of nitrogens with zero attached hydrogens (tertiary/aromatic N) is 2. The van der Waals surface area contributed by atoms with E-state index in [-0.39, 0.29) is 18.1 Å². The Kier molecular flexibility index (Phi) is 10.3. The van der Waals surface area contributed by atoms with Crippen LogP contribution in [0.1, 0.15) is 83.1 Å². The maximum atomic E-state index is 12.6. The number of anilines is 1. The Balaban J connectivity index is 1.56. The summed E-state index contributed by atoms with van der Waals surface area (Å²) in [6.45, 7) is 9.81. The molecule has 1 amide bonds. The second-order valence-electron chi connectivity index (χ2n) is 8.87. The lowest BCUT2D eigenvalue weighted by molar-refractivity contribution is -0.117. The fraction of sp³-hybridized carbons (Fsp3) is 0.519. The molecule has 0 saturated carbocycles. The standard InChI is InChI=1S/C27H36N2O3S2/c1-5-7-8-9-24(30)20-10-12-21(13-11-20)29-22(14-15-26(29)31)16-17-33-27-28-23(18-34-27)25(6-2)32-19(3)4/h10-13,18-19,22,24,30H,2,5,7-9,14-17H2,1,3-4H3/t22-,24?/m1/s1. The first-order chi connectivity index (χ1) is 16.4. The second kappa shape index (κ2) is 13.1. The van der Waals surface area contributed by atoms with Gasteiger partial charge in [-0.2, -0.15) is 0 Å². The van der Waals surface area contributed by atoms with Crippen LogP contribution in [0.15, 0.2) is 46.3 Å². The molecule has 34 heavy (non-hydrogen) atoms. The summed E-state index contributed by atoms with van der Waals surface area (Å²) >= 11 is 3.30. The van der Waals surface area contributed by atoms with Gasteiger partial charge >= 0.3 is 0 Å². The van der Waals surface area contributed by atoms with Gasteiger partial charge in [-0.25, -0.2) is 4.98 Å². The monoisotopic (exact) mass is 500 g/mol. The number of unbranched alkanes of at least 4 members (excludes halogenated alkanes) is 2. The third kappa shape index (κ3) is 7.22. The Labute approximate surface area is 211 Å². The van der Waals surface area contributed by atoms with Crippen molar-refractivity contribution < 1.29 is 14.6 Å². The third-order valence-electron chi connectivity index (χ3n) is 5.87. The summed E-state index contributed by atoms with van der Waals surface area (Å²) in [6, 6.07) is 8.07. The Bertz CT molecular complexity index is 980. The highest BCUT2D eigenvalue weighted by molar-refractivity contribution is 8.01. The summed E-state index contributed by atoms with van der Waals surface area (Å²) in [7, 11) is 0. The second-order valence-corrected chi connectivity index (χ2v) is 11.1. The van der Waals surface area contributed by atoms with Crippen molar-refractivity contribution in [2.45, 2.75) is 88.3 Å². The molecule has 2 aromatic rings. The zero-order valence-electron chi connectivity index (χ0n) is 20.5. The van der Waals surface area contributed by atoms with E-state index in [1.54, 1.807) is 23.1 Å². The smallest absolute Gasteiger partial charge is 0.227 e. The lowest BCUT2D eigenvalue weighted by Gasteiger charge is -2.25. The topological polar surface area (TPSA) is 62.7 Å². The highest BCUT2D eigenvalue weighted by Gasteiger charge is 2.31. The number of hydrogen-bond acceptors (Lipinski definition) is 6. The number of carbonyl (C=O) groups is 1. The lowest BCUT2D eigenvalue weighted by Crippen LogP contribution is -2.33. The van der Waals surface area contributed by atoms with Gasteiger partial charge in [0.05, 0.1) is 12.2 Å². The van der Waals surface area contributed by atoms with Crippen molar-refractivity contribution >= 4 is 40.5 Å². The molecule has 1 saturated heterocycles. The molecule has 7 heteroatoms. The number of amides is 1. The summed E-state index contributed by atoms with van der Waals surface area (Å²) < 4.78 is 6.70. The number of aromatic nitrogens is 1. The van der Waals surface area contributed by atoms with Gasteiger partial charge in [0.2, 0.25) is 5.91 Å². The lowest BCUT2D eigenvalue weighted by atomic mass is 10.0. The molecule has 1 aromatic carbocycles. The van der Waals surface area contributed by atoms with Gasteiger partial charge in [0, 0.05) is 29.3 Å². The molecule has 1 unspecified atom stereocenters. The van der Waals surface area contributed by atoms with Crippen LogP contribution in [0.2, 0.25) is 0 Å². The van der Waals surface area contributed by atoms with E-state index in [1.165, 1.54) is 0 Å². The van der Waals surface area contributed by atoms with E-state index in [0.717, 1.165) is 65.6 Å². The normalized spacial score (nSPS) is 16.7. The largest absolute Gasteiger partial charge is 0.481 e. The van der Waals surface area contributed by atoms with E-state index in [0.29, 0.717) is 12.2 Å². The van der Waals surface area contributed by atoms with Crippen LogP contribution < -0.4 is 4.90 Å². The first-order valence-electron chi connectivity index (χ1n) is 12.2. The SMILES string of the molecule is C=C=C(OC(C)C)c1csc(SCC[C@H]2CCC(=O)N2c2ccc(C(O)CCCCC)cc2)n1. The van der Waals surface area contributed by atoms with Gasteiger partial charge in [-0.1, -0.05) is 62.4 Å². The van der Waals surface area contributed by atoms with Crippen molar-refractivity contribution in [3.63, 3.8) is 0 Å². The third-order valence-corrected chi connectivity index (χ3v) is 7.92. The van der Waals surface area contributed by atoms with Crippen molar-refractivity contribution in [2.24, 2.45) is 0 Å². The Morgan fingerprint density at radius 2 is 2.12 bits per heavy atom. The predicted molar refractivity (Wildman–Crippen MR) is 142 cm³/mol. The van der Waals surface area contributed by atoms with Crippen LogP contribution >= 0.6 is 23.1 Å². The van der Waals surface area contributed by atoms with Gasteiger partial charge in [0.1, 0.15) is 5.69 Å². The fourth-order valence-corrected chi connectivity index (χ4v) is 6.04. The van der Waals surface area contributed by atoms with Crippen LogP contribution in [0.25, 0.3) is 5.76 Å². The van der Waals surface area contributed by atoms with E-state index in [1.807, 2.05) is 48.4 Å². The molecule has 2 atom stereocenters. The molecule has 0 radical (unpaired) electrons. The van der Waals surface area contributed by atoms with Gasteiger partial charge in [-0.05, 0) is 50.8 Å². The molecule has 1 aliphatic rings. The van der Waals surface area contributed by atoms with E-state index in [9.17, 15) is 9.90 Å². The minimum Gasteiger partial charge on any atom is -0.481 e.